The number of methoxy groups -OCH3 is 1. The van der Waals surface area contributed by atoms with Gasteiger partial charge in [-0.05, 0) is 25.1 Å². The number of fused-ring (bicyclic) bond motifs is 1. The number of nitrogens with one attached hydrogen (secondary N) is 1. The van der Waals surface area contributed by atoms with Crippen LogP contribution >= 0.6 is 0 Å². The van der Waals surface area contributed by atoms with E-state index in [1.54, 1.807) is 16.7 Å². The van der Waals surface area contributed by atoms with Crippen LogP contribution in [0.3, 0.4) is 0 Å². The average molecular weight is 492 g/mol. The summed E-state index contributed by atoms with van der Waals surface area (Å²) >= 11 is 0. The predicted octanol–water partition coefficient (Wildman–Crippen LogP) is 3.27. The Morgan fingerprint density at radius 2 is 1.89 bits per heavy atom. The first-order valence-corrected chi connectivity index (χ1v) is 11.3. The molecular weight excluding hydrogens is 470 g/mol. The molecule has 0 amide bonds. The van der Waals surface area contributed by atoms with Crippen LogP contribution in [-0.2, 0) is 0 Å². The van der Waals surface area contributed by atoms with E-state index in [9.17, 15) is 10.1 Å². The molecule has 3 N–H and O–H groups in total. The van der Waals surface area contributed by atoms with Crippen molar-refractivity contribution in [1.82, 2.24) is 29.5 Å². The van der Waals surface area contributed by atoms with Gasteiger partial charge in [-0.3, -0.25) is 9.36 Å². The first-order valence-electron chi connectivity index (χ1n) is 11.3. The molecule has 5 aromatic rings. The quantitative estimate of drug-likeness (QED) is 0.361. The number of nitrogens with zero attached hydrogens (tertiary/aromatic N) is 7. The molecular formula is C26H21N9O2. The Kier molecular flexibility index (Phi) is 6.13. The van der Waals surface area contributed by atoms with E-state index < -0.39 is 6.04 Å². The molecule has 0 aliphatic carbocycles. The van der Waals surface area contributed by atoms with Crippen molar-refractivity contribution in [1.29, 1.82) is 5.26 Å². The molecule has 0 radical (unpaired) electrons. The van der Waals surface area contributed by atoms with Crippen LogP contribution in [0.25, 0.3) is 27.8 Å². The summed E-state index contributed by atoms with van der Waals surface area (Å²) in [5.41, 5.74) is 7.93. The van der Waals surface area contributed by atoms with Crippen LogP contribution in [0.1, 0.15) is 24.4 Å². The van der Waals surface area contributed by atoms with E-state index in [0.717, 1.165) is 0 Å². The maximum absolute atomic E-state index is 14.2. The van der Waals surface area contributed by atoms with Crippen LogP contribution in [0.5, 0.6) is 5.88 Å². The molecule has 0 aliphatic heterocycles. The fourth-order valence-corrected chi connectivity index (χ4v) is 4.03. The molecule has 3 aromatic heterocycles. The van der Waals surface area contributed by atoms with Gasteiger partial charge in [-0.1, -0.05) is 30.3 Å². The zero-order chi connectivity index (χ0) is 25.9. The Labute approximate surface area is 211 Å². The van der Waals surface area contributed by atoms with Crippen LogP contribution in [0.2, 0.25) is 0 Å². The normalized spacial score (nSPS) is 11.6. The number of nitrogens with two attached hydrogens (primary N) is 1. The minimum atomic E-state index is -0.540. The first kappa shape index (κ1) is 23.4. The van der Waals surface area contributed by atoms with Crippen LogP contribution in [-0.4, -0.2) is 36.6 Å². The Bertz CT molecular complexity index is 1710. The van der Waals surface area contributed by atoms with Gasteiger partial charge in [-0.2, -0.15) is 10.2 Å². The number of nitrogen functional groups attached to an aromatic ring is 1. The summed E-state index contributed by atoms with van der Waals surface area (Å²) < 4.78 is 6.79. The van der Waals surface area contributed by atoms with Crippen molar-refractivity contribution in [2.45, 2.75) is 13.0 Å². The molecule has 5 rings (SSSR count). The number of aromatic nitrogens is 6. The van der Waals surface area contributed by atoms with E-state index in [1.165, 1.54) is 19.6 Å². The number of rotatable bonds is 6. The molecule has 1 atom stereocenters. The summed E-state index contributed by atoms with van der Waals surface area (Å²) in [6.45, 7) is 1.83. The highest BCUT2D eigenvalue weighted by atomic mass is 16.5. The molecule has 11 heteroatoms. The minimum absolute atomic E-state index is 0.0190. The van der Waals surface area contributed by atoms with E-state index in [2.05, 4.69) is 25.3 Å². The van der Waals surface area contributed by atoms with Crippen molar-refractivity contribution in [3.63, 3.8) is 0 Å². The van der Waals surface area contributed by atoms with Crippen molar-refractivity contribution < 1.29 is 4.74 Å². The minimum Gasteiger partial charge on any atom is -0.481 e. The second-order valence-electron chi connectivity index (χ2n) is 8.06. The van der Waals surface area contributed by atoms with Gasteiger partial charge < -0.3 is 15.8 Å². The molecule has 0 aliphatic rings. The van der Waals surface area contributed by atoms with Gasteiger partial charge in [-0.25, -0.2) is 19.9 Å². The number of hydrogen-bond acceptors (Lipinski definition) is 10. The van der Waals surface area contributed by atoms with Crippen molar-refractivity contribution in [3.05, 3.63) is 88.9 Å². The Morgan fingerprint density at radius 1 is 1.08 bits per heavy atom. The molecule has 3 heterocycles. The fraction of sp³-hybridized carbons (Fsp3) is 0.115. The highest BCUT2D eigenvalue weighted by Gasteiger charge is 2.22. The number of hydrogen-bond donors (Lipinski definition) is 2. The van der Waals surface area contributed by atoms with Crippen LogP contribution in [0, 0.1) is 11.3 Å². The van der Waals surface area contributed by atoms with Crippen LogP contribution in [0.15, 0.2) is 71.9 Å². The van der Waals surface area contributed by atoms with E-state index in [4.69, 9.17) is 15.5 Å². The topological polar surface area (TPSA) is 158 Å². The number of nitriles is 1. The summed E-state index contributed by atoms with van der Waals surface area (Å²) in [5.74, 6) is 1.07. The lowest BCUT2D eigenvalue weighted by atomic mass is 10.1. The molecule has 0 spiro atoms. The van der Waals surface area contributed by atoms with Gasteiger partial charge in [-0.15, -0.1) is 0 Å². The third-order valence-corrected chi connectivity index (χ3v) is 5.73. The molecule has 182 valence electrons. The summed E-state index contributed by atoms with van der Waals surface area (Å²) in [6.07, 6.45) is 2.73. The molecule has 0 saturated carbocycles. The van der Waals surface area contributed by atoms with Gasteiger partial charge in [0.15, 0.2) is 0 Å². The smallest absolute Gasteiger partial charge is 0.266 e. The van der Waals surface area contributed by atoms with Gasteiger partial charge >= 0.3 is 0 Å². The van der Waals surface area contributed by atoms with E-state index >= 15 is 0 Å². The van der Waals surface area contributed by atoms with Gasteiger partial charge in [0.1, 0.15) is 29.6 Å². The fourth-order valence-electron chi connectivity index (χ4n) is 4.03. The molecule has 0 fully saturated rings. The van der Waals surface area contributed by atoms with E-state index in [-0.39, 0.29) is 22.9 Å². The van der Waals surface area contributed by atoms with E-state index in [1.807, 2.05) is 55.5 Å². The molecule has 0 bridgehead atoms. The molecule has 11 nitrogen and oxygen atoms in total. The van der Waals surface area contributed by atoms with Crippen molar-refractivity contribution >= 4 is 22.7 Å². The Balaban J connectivity index is 1.74. The Morgan fingerprint density at radius 3 is 2.65 bits per heavy atom. The van der Waals surface area contributed by atoms with Crippen molar-refractivity contribution in [2.75, 3.05) is 18.2 Å². The number of benzene rings is 2. The standard InChI is InChI=1S/C26H21N9O2/c1-15(32-23-16(12-27)13-29-26(28)34-23)24-33-19-10-6-9-18(20-11-21(37-2)31-14-30-20)22(19)25(36)35(24)17-7-4-3-5-8-17/h3-11,13-15H,1-2H3,(H3,28,29,32,34)/t15-/m0/s1. The third-order valence-electron chi connectivity index (χ3n) is 5.73. The van der Waals surface area contributed by atoms with Gasteiger partial charge in [0.05, 0.1) is 41.6 Å². The highest BCUT2D eigenvalue weighted by Crippen LogP contribution is 2.28. The number of anilines is 2. The predicted molar refractivity (Wildman–Crippen MR) is 138 cm³/mol. The Hall–Kier alpha value is -5.37. The van der Waals surface area contributed by atoms with E-state index in [0.29, 0.717) is 39.6 Å². The number of ether oxygens (including phenoxy) is 1. The summed E-state index contributed by atoms with van der Waals surface area (Å²) in [6, 6.07) is 17.8. The number of para-hydroxylation sites is 1. The molecule has 37 heavy (non-hydrogen) atoms. The summed E-state index contributed by atoms with van der Waals surface area (Å²) in [4.78, 5) is 35.5. The van der Waals surface area contributed by atoms with Crippen LogP contribution in [0.4, 0.5) is 11.8 Å². The summed E-state index contributed by atoms with van der Waals surface area (Å²) in [7, 11) is 1.52. The molecule has 0 saturated heterocycles. The van der Waals surface area contributed by atoms with Gasteiger partial charge in [0, 0.05) is 11.6 Å². The second-order valence-corrected chi connectivity index (χ2v) is 8.06. The maximum atomic E-state index is 14.2. The lowest BCUT2D eigenvalue weighted by molar-refractivity contribution is 0.397. The second kappa shape index (κ2) is 9.71. The lowest BCUT2D eigenvalue weighted by Gasteiger charge is -2.21. The first-order chi connectivity index (χ1) is 18.0. The largest absolute Gasteiger partial charge is 0.481 e. The lowest BCUT2D eigenvalue weighted by Crippen LogP contribution is -2.28. The maximum Gasteiger partial charge on any atom is 0.266 e. The molecule has 0 unspecified atom stereocenters. The molecule has 2 aromatic carbocycles. The SMILES string of the molecule is COc1cc(-c2cccc3nc([C@H](C)Nc4nc(N)ncc4C#N)n(-c4ccccc4)c(=O)c23)ncn1. The van der Waals surface area contributed by atoms with Gasteiger partial charge in [0.25, 0.3) is 5.56 Å². The monoisotopic (exact) mass is 491 g/mol. The van der Waals surface area contributed by atoms with Crippen LogP contribution < -0.4 is 21.3 Å². The highest BCUT2D eigenvalue weighted by molar-refractivity contribution is 5.93. The zero-order valence-corrected chi connectivity index (χ0v) is 20.0. The summed E-state index contributed by atoms with van der Waals surface area (Å²) in [5, 5.41) is 13.1. The van der Waals surface area contributed by atoms with Gasteiger partial charge in [0.2, 0.25) is 11.8 Å². The third kappa shape index (κ3) is 4.39. The average Bonchev–Trinajstić information content (AvgIpc) is 2.93. The van der Waals surface area contributed by atoms with Crippen molar-refractivity contribution in [3.8, 4) is 28.9 Å². The van der Waals surface area contributed by atoms with Crippen molar-refractivity contribution in [2.24, 2.45) is 0 Å². The zero-order valence-electron chi connectivity index (χ0n) is 20.0.